The van der Waals surface area contributed by atoms with E-state index in [0.29, 0.717) is 0 Å². The van der Waals surface area contributed by atoms with Crippen molar-refractivity contribution >= 4 is 23.2 Å². The maximum atomic E-state index is 12.6. The summed E-state index contributed by atoms with van der Waals surface area (Å²) in [5.41, 5.74) is 1.05. The summed E-state index contributed by atoms with van der Waals surface area (Å²) in [5.74, 6) is 0.868. The summed E-state index contributed by atoms with van der Waals surface area (Å²) in [6.45, 7) is 5.56. The van der Waals surface area contributed by atoms with Gasteiger partial charge in [0.05, 0.1) is 4.88 Å². The zero-order valence-corrected chi connectivity index (χ0v) is 14.6. The molecule has 0 radical (unpaired) electrons. The molecule has 0 aliphatic carbocycles. The summed E-state index contributed by atoms with van der Waals surface area (Å²) < 4.78 is 0. The number of nitrogens with zero attached hydrogens (tertiary/aromatic N) is 4. The Morgan fingerprint density at radius 2 is 2.04 bits per heavy atom. The highest BCUT2D eigenvalue weighted by molar-refractivity contribution is 7.13. The molecule has 0 spiro atoms. The van der Waals surface area contributed by atoms with Crippen molar-refractivity contribution in [3.05, 3.63) is 39.8 Å². The first-order valence-electron chi connectivity index (χ1n) is 7.92. The molecule has 1 saturated heterocycles. The number of hydrogen-bond acceptors (Lipinski definition) is 5. The fourth-order valence-electron chi connectivity index (χ4n) is 2.89. The Morgan fingerprint density at radius 3 is 2.70 bits per heavy atom. The lowest BCUT2D eigenvalue weighted by Gasteiger charge is -2.37. The van der Waals surface area contributed by atoms with Crippen LogP contribution in [0.15, 0.2) is 24.5 Å². The van der Waals surface area contributed by atoms with E-state index in [0.717, 1.165) is 42.3 Å². The van der Waals surface area contributed by atoms with Crippen molar-refractivity contribution in [3.8, 4) is 0 Å². The molecule has 1 aliphatic heterocycles. The molecule has 23 heavy (non-hydrogen) atoms. The van der Waals surface area contributed by atoms with Gasteiger partial charge in [-0.15, -0.1) is 11.3 Å². The number of carbonyl (C=O) groups excluding carboxylic acids is 1. The lowest BCUT2D eigenvalue weighted by Crippen LogP contribution is -2.49. The third-order valence-corrected chi connectivity index (χ3v) is 5.25. The molecule has 6 heteroatoms. The number of aryl methyl sites for hydroxylation is 2. The molecule has 5 nitrogen and oxygen atoms in total. The molecular weight excluding hydrogens is 308 g/mol. The second-order valence-corrected chi connectivity index (χ2v) is 7.42. The number of amides is 1. The van der Waals surface area contributed by atoms with E-state index in [1.807, 2.05) is 50.3 Å². The molecule has 3 rings (SSSR count). The zero-order valence-electron chi connectivity index (χ0n) is 13.8. The van der Waals surface area contributed by atoms with Crippen molar-refractivity contribution in [2.75, 3.05) is 25.0 Å². The molecule has 0 bridgehead atoms. The SMILES string of the molecule is Cc1cnc(N(C)C2CCCN(C(=O)c3ccc(C)s3)C2)nc1. The van der Waals surface area contributed by atoms with Crippen LogP contribution in [0, 0.1) is 13.8 Å². The number of rotatable bonds is 3. The predicted octanol–water partition coefficient (Wildman–Crippen LogP) is 2.90. The van der Waals surface area contributed by atoms with E-state index in [1.54, 1.807) is 11.3 Å². The van der Waals surface area contributed by atoms with Crippen molar-refractivity contribution < 1.29 is 4.79 Å². The highest BCUT2D eigenvalue weighted by Crippen LogP contribution is 2.22. The Hall–Kier alpha value is -1.95. The standard InChI is InChI=1S/C17H22N4OS/c1-12-9-18-17(19-10-12)20(3)14-5-4-8-21(11-14)16(22)15-7-6-13(2)23-15/h6-7,9-10,14H,4-5,8,11H2,1-3H3. The molecule has 1 aliphatic rings. The van der Waals surface area contributed by atoms with E-state index >= 15 is 0 Å². The minimum Gasteiger partial charge on any atom is -0.339 e. The van der Waals surface area contributed by atoms with Crippen LogP contribution in [0.2, 0.25) is 0 Å². The van der Waals surface area contributed by atoms with Gasteiger partial charge in [0.2, 0.25) is 5.95 Å². The van der Waals surface area contributed by atoms with E-state index in [2.05, 4.69) is 14.9 Å². The van der Waals surface area contributed by atoms with Crippen LogP contribution in [-0.4, -0.2) is 47.0 Å². The smallest absolute Gasteiger partial charge is 0.263 e. The first kappa shape index (κ1) is 15.9. The maximum absolute atomic E-state index is 12.6. The minimum atomic E-state index is 0.144. The third-order valence-electron chi connectivity index (χ3n) is 4.27. The first-order valence-corrected chi connectivity index (χ1v) is 8.73. The normalized spacial score (nSPS) is 18.0. The van der Waals surface area contributed by atoms with E-state index in [4.69, 9.17) is 0 Å². The summed E-state index contributed by atoms with van der Waals surface area (Å²) in [6.07, 6.45) is 5.73. The van der Waals surface area contributed by atoms with E-state index < -0.39 is 0 Å². The highest BCUT2D eigenvalue weighted by atomic mass is 32.1. The molecule has 0 saturated carbocycles. The van der Waals surface area contributed by atoms with Gasteiger partial charge in [0.25, 0.3) is 5.91 Å². The molecule has 1 unspecified atom stereocenters. The molecule has 2 aromatic heterocycles. The van der Waals surface area contributed by atoms with Crippen molar-refractivity contribution in [1.82, 2.24) is 14.9 Å². The molecule has 1 amide bonds. The Morgan fingerprint density at radius 1 is 1.30 bits per heavy atom. The van der Waals surface area contributed by atoms with Crippen molar-refractivity contribution in [3.63, 3.8) is 0 Å². The quantitative estimate of drug-likeness (QED) is 0.868. The third kappa shape index (κ3) is 3.52. The van der Waals surface area contributed by atoms with Gasteiger partial charge >= 0.3 is 0 Å². The molecular formula is C17H22N4OS. The number of thiophene rings is 1. The molecule has 2 aromatic rings. The van der Waals surface area contributed by atoms with Gasteiger partial charge in [0.1, 0.15) is 0 Å². The molecule has 1 fully saturated rings. The zero-order chi connectivity index (χ0) is 16.4. The summed E-state index contributed by atoms with van der Waals surface area (Å²) in [5, 5.41) is 0. The van der Waals surface area contributed by atoms with Gasteiger partial charge in [-0.1, -0.05) is 0 Å². The van der Waals surface area contributed by atoms with E-state index in [1.165, 1.54) is 4.88 Å². The fraction of sp³-hybridized carbons (Fsp3) is 0.471. The van der Waals surface area contributed by atoms with Crippen LogP contribution in [0.1, 0.15) is 33.0 Å². The number of likely N-dealkylation sites (N-methyl/N-ethyl adjacent to an activating group) is 1. The molecule has 122 valence electrons. The number of piperidine rings is 1. The molecule has 0 N–H and O–H groups in total. The van der Waals surface area contributed by atoms with Crippen molar-refractivity contribution in [2.45, 2.75) is 32.7 Å². The van der Waals surface area contributed by atoms with Gasteiger partial charge in [-0.3, -0.25) is 4.79 Å². The molecule has 3 heterocycles. The predicted molar refractivity (Wildman–Crippen MR) is 93.2 cm³/mol. The van der Waals surface area contributed by atoms with Crippen molar-refractivity contribution in [1.29, 1.82) is 0 Å². The lowest BCUT2D eigenvalue weighted by molar-refractivity contribution is 0.0712. The average molecular weight is 330 g/mol. The topological polar surface area (TPSA) is 49.3 Å². The Balaban J connectivity index is 1.70. The number of hydrogen-bond donors (Lipinski definition) is 0. The monoisotopic (exact) mass is 330 g/mol. The second kappa shape index (κ2) is 6.66. The fourth-order valence-corrected chi connectivity index (χ4v) is 3.73. The van der Waals surface area contributed by atoms with Gasteiger partial charge in [0, 0.05) is 43.4 Å². The Kier molecular flexibility index (Phi) is 4.61. The summed E-state index contributed by atoms with van der Waals surface area (Å²) in [6, 6.07) is 4.20. The summed E-state index contributed by atoms with van der Waals surface area (Å²) in [4.78, 5) is 27.5. The second-order valence-electron chi connectivity index (χ2n) is 6.13. The Labute approximate surface area is 141 Å². The first-order chi connectivity index (χ1) is 11.0. The van der Waals surface area contributed by atoms with Crippen LogP contribution in [0.5, 0.6) is 0 Å². The summed E-state index contributed by atoms with van der Waals surface area (Å²) >= 11 is 1.57. The van der Waals surface area contributed by atoms with Crippen LogP contribution < -0.4 is 4.90 Å². The van der Waals surface area contributed by atoms with Crippen LogP contribution >= 0.6 is 11.3 Å². The molecule has 0 aromatic carbocycles. The average Bonchev–Trinajstić information content (AvgIpc) is 3.01. The van der Waals surface area contributed by atoms with Crippen LogP contribution in [0.3, 0.4) is 0 Å². The van der Waals surface area contributed by atoms with Crippen LogP contribution in [-0.2, 0) is 0 Å². The number of anilines is 1. The van der Waals surface area contributed by atoms with Gasteiger partial charge in [-0.25, -0.2) is 9.97 Å². The van der Waals surface area contributed by atoms with Crippen LogP contribution in [0.25, 0.3) is 0 Å². The number of carbonyl (C=O) groups is 1. The highest BCUT2D eigenvalue weighted by Gasteiger charge is 2.28. The van der Waals surface area contributed by atoms with Gasteiger partial charge < -0.3 is 9.80 Å². The minimum absolute atomic E-state index is 0.144. The van der Waals surface area contributed by atoms with E-state index in [9.17, 15) is 4.79 Å². The Bertz CT molecular complexity index is 682. The van der Waals surface area contributed by atoms with Gasteiger partial charge in [-0.05, 0) is 44.4 Å². The van der Waals surface area contributed by atoms with E-state index in [-0.39, 0.29) is 11.9 Å². The molecule has 1 atom stereocenters. The van der Waals surface area contributed by atoms with Gasteiger partial charge in [0.15, 0.2) is 0 Å². The van der Waals surface area contributed by atoms with Crippen LogP contribution in [0.4, 0.5) is 5.95 Å². The summed E-state index contributed by atoms with van der Waals surface area (Å²) in [7, 11) is 2.01. The number of likely N-dealkylation sites (tertiary alicyclic amines) is 1. The lowest BCUT2D eigenvalue weighted by atomic mass is 10.0. The van der Waals surface area contributed by atoms with Crippen molar-refractivity contribution in [2.24, 2.45) is 0 Å². The number of aromatic nitrogens is 2. The van der Waals surface area contributed by atoms with Gasteiger partial charge in [-0.2, -0.15) is 0 Å². The largest absolute Gasteiger partial charge is 0.339 e. The maximum Gasteiger partial charge on any atom is 0.263 e.